The van der Waals surface area contributed by atoms with Gasteiger partial charge in [0, 0.05) is 6.54 Å². The van der Waals surface area contributed by atoms with Gasteiger partial charge in [-0.3, -0.25) is 0 Å². The predicted molar refractivity (Wildman–Crippen MR) is 79.4 cm³/mol. The second kappa shape index (κ2) is 6.50. The van der Waals surface area contributed by atoms with Crippen LogP contribution in [-0.4, -0.2) is 25.3 Å². The van der Waals surface area contributed by atoms with Gasteiger partial charge in [0.05, 0.1) is 10.9 Å². The van der Waals surface area contributed by atoms with E-state index in [2.05, 4.69) is 19.7 Å². The third kappa shape index (κ3) is 3.43. The number of hydrogen-bond donors (Lipinski definition) is 0. The number of hydrogen-bond acceptors (Lipinski definition) is 2. The second-order valence-corrected chi connectivity index (χ2v) is 6.03. The van der Waals surface area contributed by atoms with Crippen LogP contribution in [0.3, 0.4) is 0 Å². The molecule has 0 N–H and O–H groups in total. The van der Waals surface area contributed by atoms with Crippen LogP contribution in [0.4, 0.5) is 0 Å². The summed E-state index contributed by atoms with van der Waals surface area (Å²) in [5.74, 6) is 0. The zero-order valence-corrected chi connectivity index (χ0v) is 11.9. The van der Waals surface area contributed by atoms with Gasteiger partial charge in [0.15, 0.2) is 0 Å². The molecule has 1 aromatic carbocycles. The lowest BCUT2D eigenvalue weighted by Gasteiger charge is -2.25. The first-order valence-corrected chi connectivity index (χ1v) is 7.36. The van der Waals surface area contributed by atoms with Gasteiger partial charge in [0.1, 0.15) is 0 Å². The molecule has 0 saturated heterocycles. The third-order valence-corrected chi connectivity index (χ3v) is 4.63. The van der Waals surface area contributed by atoms with Crippen LogP contribution in [0.5, 0.6) is 0 Å². The summed E-state index contributed by atoms with van der Waals surface area (Å²) < 4.78 is 26.5. The molecule has 0 amide bonds. The Kier molecular flexibility index (Phi) is 5.27. The van der Waals surface area contributed by atoms with Gasteiger partial charge in [0.2, 0.25) is 10.0 Å². The second-order valence-electron chi connectivity index (χ2n) is 4.14. The van der Waals surface area contributed by atoms with Crippen molar-refractivity contribution in [3.05, 3.63) is 67.8 Å². The summed E-state index contributed by atoms with van der Waals surface area (Å²) in [5.41, 5.74) is 1.01. The van der Waals surface area contributed by atoms with E-state index in [9.17, 15) is 8.42 Å². The van der Waals surface area contributed by atoms with Crippen molar-refractivity contribution in [3.63, 3.8) is 0 Å². The van der Waals surface area contributed by atoms with Crippen LogP contribution in [0.2, 0.25) is 0 Å². The fraction of sp³-hybridized carbons (Fsp3) is 0.200. The minimum atomic E-state index is -3.58. The highest BCUT2D eigenvalue weighted by Gasteiger charge is 2.27. The molecule has 0 unspecified atom stereocenters. The first-order chi connectivity index (χ1) is 8.97. The molecule has 0 heterocycles. The molecule has 0 fully saturated rings. The van der Waals surface area contributed by atoms with Gasteiger partial charge < -0.3 is 0 Å². The molecule has 0 aliphatic rings. The van der Waals surface area contributed by atoms with E-state index in [1.807, 2.05) is 6.92 Å². The van der Waals surface area contributed by atoms with E-state index in [4.69, 9.17) is 0 Å². The lowest BCUT2D eigenvalue weighted by atomic mass is 10.2. The average molecular weight is 277 g/mol. The molecule has 0 aliphatic carbocycles. The van der Waals surface area contributed by atoms with Crippen molar-refractivity contribution in [3.8, 4) is 0 Å². The third-order valence-electron chi connectivity index (χ3n) is 2.75. The highest BCUT2D eigenvalue weighted by atomic mass is 32.2. The Bertz CT molecular complexity index is 550. The maximum atomic E-state index is 12.6. The van der Waals surface area contributed by atoms with Crippen LogP contribution in [0, 0.1) is 6.92 Å². The zero-order valence-electron chi connectivity index (χ0n) is 11.1. The van der Waals surface area contributed by atoms with Gasteiger partial charge in [-0.05, 0) is 19.1 Å². The van der Waals surface area contributed by atoms with E-state index < -0.39 is 16.1 Å². The maximum absolute atomic E-state index is 12.6. The molecule has 0 radical (unpaired) electrons. The topological polar surface area (TPSA) is 37.4 Å². The lowest BCUT2D eigenvalue weighted by molar-refractivity contribution is 0.431. The maximum Gasteiger partial charge on any atom is 0.244 e. The number of nitrogens with zero attached hydrogens (tertiary/aromatic N) is 1. The van der Waals surface area contributed by atoms with Crippen molar-refractivity contribution in [1.82, 2.24) is 4.31 Å². The summed E-state index contributed by atoms with van der Waals surface area (Å²) in [4.78, 5) is 0.258. The molecule has 0 spiro atoms. The normalized spacial score (nSPS) is 11.5. The van der Waals surface area contributed by atoms with Gasteiger partial charge in [-0.1, -0.05) is 35.9 Å². The summed E-state index contributed by atoms with van der Waals surface area (Å²) in [6, 6.07) is 6.30. The van der Waals surface area contributed by atoms with Crippen LogP contribution in [0.1, 0.15) is 5.56 Å². The molecule has 0 saturated carbocycles. The van der Waals surface area contributed by atoms with Crippen molar-refractivity contribution in [2.75, 3.05) is 6.54 Å². The Morgan fingerprint density at radius 2 is 1.68 bits per heavy atom. The fourth-order valence-electron chi connectivity index (χ4n) is 1.68. The molecular weight excluding hydrogens is 258 g/mol. The number of aryl methyl sites for hydroxylation is 1. The molecular formula is C15H19NO2S. The predicted octanol–water partition coefficient (Wildman–Crippen LogP) is 2.91. The number of rotatable bonds is 7. The average Bonchev–Trinajstić information content (AvgIpc) is 2.39. The summed E-state index contributed by atoms with van der Waals surface area (Å²) >= 11 is 0. The summed E-state index contributed by atoms with van der Waals surface area (Å²) in [7, 11) is -3.58. The van der Waals surface area contributed by atoms with Crippen molar-refractivity contribution < 1.29 is 8.42 Å². The highest BCUT2D eigenvalue weighted by molar-refractivity contribution is 7.89. The summed E-state index contributed by atoms with van der Waals surface area (Å²) in [6.07, 6.45) is 4.64. The van der Waals surface area contributed by atoms with Gasteiger partial charge in [-0.25, -0.2) is 8.42 Å². The molecule has 4 heteroatoms. The summed E-state index contributed by atoms with van der Waals surface area (Å²) in [6.45, 7) is 13.0. The van der Waals surface area contributed by atoms with Crippen molar-refractivity contribution in [1.29, 1.82) is 0 Å². The van der Waals surface area contributed by atoms with Crippen LogP contribution in [0.25, 0.3) is 0 Å². The van der Waals surface area contributed by atoms with E-state index in [0.29, 0.717) is 0 Å². The van der Waals surface area contributed by atoms with Gasteiger partial charge >= 0.3 is 0 Å². The molecule has 19 heavy (non-hydrogen) atoms. The quantitative estimate of drug-likeness (QED) is 0.719. The smallest absolute Gasteiger partial charge is 0.207 e. The molecule has 1 aromatic rings. The largest absolute Gasteiger partial charge is 0.244 e. The molecule has 1 rings (SSSR count). The molecule has 102 valence electrons. The Morgan fingerprint density at radius 3 is 2.11 bits per heavy atom. The zero-order chi connectivity index (χ0) is 14.5. The van der Waals surface area contributed by atoms with Crippen molar-refractivity contribution in [2.45, 2.75) is 17.9 Å². The van der Waals surface area contributed by atoms with Gasteiger partial charge in [-0.15, -0.1) is 19.7 Å². The Morgan fingerprint density at radius 1 is 1.16 bits per heavy atom. The fourth-order valence-corrected chi connectivity index (χ4v) is 3.23. The van der Waals surface area contributed by atoms with Crippen molar-refractivity contribution in [2.24, 2.45) is 0 Å². The van der Waals surface area contributed by atoms with Crippen LogP contribution < -0.4 is 0 Å². The van der Waals surface area contributed by atoms with E-state index in [1.165, 1.54) is 4.31 Å². The molecule has 0 aliphatic heterocycles. The van der Waals surface area contributed by atoms with Crippen LogP contribution in [0.15, 0.2) is 67.1 Å². The van der Waals surface area contributed by atoms with Crippen molar-refractivity contribution >= 4 is 10.0 Å². The van der Waals surface area contributed by atoms with Crippen LogP contribution in [-0.2, 0) is 10.0 Å². The molecule has 0 aromatic heterocycles. The number of benzene rings is 1. The van der Waals surface area contributed by atoms with Crippen LogP contribution >= 0.6 is 0 Å². The monoisotopic (exact) mass is 277 g/mol. The standard InChI is InChI=1S/C15H19NO2S/c1-5-12-16(14(6-2)7-3)19(17,18)15-10-8-13(4)9-11-15/h5-11,14H,1-3,12H2,4H3. The Hall–Kier alpha value is -1.65. The van der Waals surface area contributed by atoms with Gasteiger partial charge in [-0.2, -0.15) is 4.31 Å². The minimum absolute atomic E-state index is 0.207. The lowest BCUT2D eigenvalue weighted by Crippen LogP contribution is -2.38. The number of sulfonamides is 1. The molecule has 0 atom stereocenters. The summed E-state index contributed by atoms with van der Waals surface area (Å²) in [5, 5.41) is 0. The van der Waals surface area contributed by atoms with E-state index in [1.54, 1.807) is 42.5 Å². The van der Waals surface area contributed by atoms with E-state index in [0.717, 1.165) is 5.56 Å². The van der Waals surface area contributed by atoms with Gasteiger partial charge in [0.25, 0.3) is 0 Å². The minimum Gasteiger partial charge on any atom is -0.207 e. The highest BCUT2D eigenvalue weighted by Crippen LogP contribution is 2.19. The Balaban J connectivity index is 3.26. The van der Waals surface area contributed by atoms with E-state index >= 15 is 0 Å². The molecule has 0 bridgehead atoms. The first kappa shape index (κ1) is 15.4. The SMILES string of the molecule is C=CCN(C(C=C)C=C)S(=O)(=O)c1ccc(C)cc1. The Labute approximate surface area is 115 Å². The first-order valence-electron chi connectivity index (χ1n) is 5.92. The molecule has 3 nitrogen and oxygen atoms in total. The van der Waals surface area contributed by atoms with E-state index in [-0.39, 0.29) is 11.4 Å².